The number of methoxy groups -OCH3 is 1. The Kier molecular flexibility index (Phi) is 6.90. The van der Waals surface area contributed by atoms with Gasteiger partial charge in [-0.3, -0.25) is 4.79 Å². The Labute approximate surface area is 152 Å². The second-order valence-electron chi connectivity index (χ2n) is 5.70. The van der Waals surface area contributed by atoms with E-state index in [9.17, 15) is 22.4 Å². The molecule has 1 aromatic rings. The fourth-order valence-corrected chi connectivity index (χ4v) is 3.52. The van der Waals surface area contributed by atoms with Crippen molar-refractivity contribution >= 4 is 22.4 Å². The third-order valence-corrected chi connectivity index (χ3v) is 4.55. The van der Waals surface area contributed by atoms with Gasteiger partial charge in [0.15, 0.2) is 5.13 Å². The first-order valence-corrected chi connectivity index (χ1v) is 8.64. The van der Waals surface area contributed by atoms with Gasteiger partial charge in [0, 0.05) is 44.3 Å². The summed E-state index contributed by atoms with van der Waals surface area (Å²) in [7, 11) is 1.55. The molecule has 1 aliphatic rings. The van der Waals surface area contributed by atoms with Crippen molar-refractivity contribution in [3.63, 3.8) is 0 Å². The van der Waals surface area contributed by atoms with Gasteiger partial charge >= 0.3 is 6.18 Å². The van der Waals surface area contributed by atoms with Crippen molar-refractivity contribution in [2.75, 3.05) is 25.6 Å². The number of halogens is 4. The van der Waals surface area contributed by atoms with Crippen LogP contribution in [0.1, 0.15) is 29.8 Å². The molecule has 0 spiro atoms. The first kappa shape index (κ1) is 20.5. The second kappa shape index (κ2) is 8.74. The molecule has 5 nitrogen and oxygen atoms in total. The highest BCUT2D eigenvalue weighted by Gasteiger charge is 2.36. The monoisotopic (exact) mass is 393 g/mol. The molecule has 0 aromatic carbocycles. The number of nitrogens with zero attached hydrogens (tertiary/aromatic N) is 1. The van der Waals surface area contributed by atoms with Gasteiger partial charge in [-0.05, 0) is 6.08 Å². The number of alkyl halides is 3. The van der Waals surface area contributed by atoms with Crippen LogP contribution in [0.15, 0.2) is 23.6 Å². The van der Waals surface area contributed by atoms with Crippen LogP contribution in [0.5, 0.6) is 0 Å². The van der Waals surface area contributed by atoms with Crippen molar-refractivity contribution in [3.05, 3.63) is 34.1 Å². The number of allylic oxidation sites excluding steroid dienone is 4. The van der Waals surface area contributed by atoms with Crippen LogP contribution in [0.3, 0.4) is 0 Å². The smallest absolute Gasteiger partial charge is 0.383 e. The number of ether oxygens (including phenoxy) is 1. The first-order chi connectivity index (χ1) is 12.2. The van der Waals surface area contributed by atoms with Gasteiger partial charge in [0.25, 0.3) is 0 Å². The quantitative estimate of drug-likeness (QED) is 0.548. The molecule has 1 aliphatic carbocycles. The van der Waals surface area contributed by atoms with Crippen molar-refractivity contribution in [2.45, 2.75) is 32.0 Å². The van der Waals surface area contributed by atoms with E-state index < -0.39 is 23.5 Å². The first-order valence-electron chi connectivity index (χ1n) is 7.82. The maximum Gasteiger partial charge on any atom is 0.416 e. The summed E-state index contributed by atoms with van der Waals surface area (Å²) in [6, 6.07) is 0. The SMILES string of the molecule is COCCNCc1sc(NC(C)=O)nc1C1C=C(C(F)(F)F)C=C(F)C1. The Hall–Kier alpha value is -1.78. The maximum atomic E-state index is 13.8. The lowest BCUT2D eigenvalue weighted by molar-refractivity contribution is -0.114. The van der Waals surface area contributed by atoms with Gasteiger partial charge in [-0.1, -0.05) is 6.08 Å². The number of nitrogens with one attached hydrogen (secondary N) is 2. The van der Waals surface area contributed by atoms with Crippen molar-refractivity contribution in [3.8, 4) is 0 Å². The molecular weight excluding hydrogens is 374 g/mol. The molecule has 0 bridgehead atoms. The molecule has 26 heavy (non-hydrogen) atoms. The number of carbonyl (C=O) groups is 1. The van der Waals surface area contributed by atoms with Gasteiger partial charge in [-0.15, -0.1) is 11.3 Å². The second-order valence-corrected chi connectivity index (χ2v) is 6.78. The summed E-state index contributed by atoms with van der Waals surface area (Å²) in [4.78, 5) is 16.1. The normalized spacial score (nSPS) is 17.7. The average molecular weight is 393 g/mol. The van der Waals surface area contributed by atoms with Crippen molar-refractivity contribution < 1.29 is 27.1 Å². The molecule has 10 heteroatoms. The number of thiazole rings is 1. The zero-order chi connectivity index (χ0) is 19.3. The molecule has 1 atom stereocenters. The van der Waals surface area contributed by atoms with Crippen molar-refractivity contribution in [1.29, 1.82) is 0 Å². The number of anilines is 1. The zero-order valence-electron chi connectivity index (χ0n) is 14.2. The topological polar surface area (TPSA) is 63.2 Å². The number of amides is 1. The molecule has 1 amide bonds. The Morgan fingerprint density at radius 2 is 2.19 bits per heavy atom. The highest BCUT2D eigenvalue weighted by Crippen LogP contribution is 2.40. The third-order valence-electron chi connectivity index (χ3n) is 3.57. The molecule has 0 radical (unpaired) electrons. The van der Waals surface area contributed by atoms with Crippen molar-refractivity contribution in [1.82, 2.24) is 10.3 Å². The number of hydrogen-bond donors (Lipinski definition) is 2. The van der Waals surface area contributed by atoms with E-state index in [4.69, 9.17) is 4.74 Å². The van der Waals surface area contributed by atoms with Crippen LogP contribution < -0.4 is 10.6 Å². The summed E-state index contributed by atoms with van der Waals surface area (Å²) in [6.45, 7) is 2.63. The molecular formula is C16H19F4N3O2S. The van der Waals surface area contributed by atoms with Gasteiger partial charge < -0.3 is 15.4 Å². The Morgan fingerprint density at radius 1 is 1.46 bits per heavy atom. The van der Waals surface area contributed by atoms with Crippen LogP contribution in [0.25, 0.3) is 0 Å². The van der Waals surface area contributed by atoms with Gasteiger partial charge in [0.1, 0.15) is 5.83 Å². The zero-order valence-corrected chi connectivity index (χ0v) is 15.1. The average Bonchev–Trinajstić information content (AvgIpc) is 2.92. The van der Waals surface area contributed by atoms with Crippen molar-refractivity contribution in [2.24, 2.45) is 0 Å². The predicted molar refractivity (Wildman–Crippen MR) is 90.7 cm³/mol. The van der Waals surface area contributed by atoms with Crippen LogP contribution in [-0.2, 0) is 16.1 Å². The van der Waals surface area contributed by atoms with E-state index in [-0.39, 0.29) is 17.5 Å². The third kappa shape index (κ3) is 5.61. The van der Waals surface area contributed by atoms with E-state index in [1.807, 2.05) is 0 Å². The lowest BCUT2D eigenvalue weighted by Crippen LogP contribution is -2.20. The van der Waals surface area contributed by atoms with Gasteiger partial charge in [0.2, 0.25) is 5.91 Å². The standard InChI is InChI=1S/C16H19F4N3O2S/c1-9(24)22-15-23-14(13(26-15)8-21-3-4-25-2)10-5-11(16(18,19)20)7-12(17)6-10/h5,7,10,21H,3-4,6,8H2,1-2H3,(H,22,23,24). The summed E-state index contributed by atoms with van der Waals surface area (Å²) in [5.74, 6) is -2.04. The summed E-state index contributed by atoms with van der Waals surface area (Å²) in [5, 5.41) is 5.88. The van der Waals surface area contributed by atoms with E-state index in [2.05, 4.69) is 15.6 Å². The van der Waals surface area contributed by atoms with Gasteiger partial charge in [-0.2, -0.15) is 13.2 Å². The van der Waals surface area contributed by atoms with Crippen LogP contribution >= 0.6 is 11.3 Å². The molecule has 0 saturated carbocycles. The molecule has 1 unspecified atom stereocenters. The largest absolute Gasteiger partial charge is 0.416 e. The minimum atomic E-state index is -4.64. The summed E-state index contributed by atoms with van der Waals surface area (Å²) < 4.78 is 57.7. The number of aromatic nitrogens is 1. The Balaban J connectivity index is 2.30. The summed E-state index contributed by atoms with van der Waals surface area (Å²) >= 11 is 1.15. The lowest BCUT2D eigenvalue weighted by Gasteiger charge is -2.19. The minimum Gasteiger partial charge on any atom is -0.383 e. The van der Waals surface area contributed by atoms with Gasteiger partial charge in [0.05, 0.1) is 17.9 Å². The van der Waals surface area contributed by atoms with Gasteiger partial charge in [-0.25, -0.2) is 9.37 Å². The fourth-order valence-electron chi connectivity index (χ4n) is 2.47. The van der Waals surface area contributed by atoms with Crippen LogP contribution in [0.2, 0.25) is 0 Å². The Bertz CT molecular complexity index is 713. The molecule has 0 aliphatic heterocycles. The Morgan fingerprint density at radius 3 is 2.81 bits per heavy atom. The molecule has 144 valence electrons. The lowest BCUT2D eigenvalue weighted by atomic mass is 9.91. The van der Waals surface area contributed by atoms with Crippen LogP contribution in [0, 0.1) is 0 Å². The summed E-state index contributed by atoms with van der Waals surface area (Å²) in [6.07, 6.45) is -3.35. The molecule has 0 fully saturated rings. The minimum absolute atomic E-state index is 0.201. The molecule has 0 saturated heterocycles. The highest BCUT2D eigenvalue weighted by atomic mass is 32.1. The molecule has 1 heterocycles. The van der Waals surface area contributed by atoms with E-state index in [1.54, 1.807) is 7.11 Å². The molecule has 1 aromatic heterocycles. The van der Waals surface area contributed by atoms with E-state index in [1.165, 1.54) is 6.92 Å². The van der Waals surface area contributed by atoms with Crippen LogP contribution in [0.4, 0.5) is 22.7 Å². The number of rotatable bonds is 7. The molecule has 2 N–H and O–H groups in total. The number of carbonyl (C=O) groups excluding carboxylic acids is 1. The molecule has 2 rings (SSSR count). The fraction of sp³-hybridized carbons (Fsp3) is 0.500. The maximum absolute atomic E-state index is 13.8. The predicted octanol–water partition coefficient (Wildman–Crippen LogP) is 3.67. The summed E-state index contributed by atoms with van der Waals surface area (Å²) in [5.41, 5.74) is -0.702. The number of hydrogen-bond acceptors (Lipinski definition) is 5. The van der Waals surface area contributed by atoms with Crippen LogP contribution in [-0.4, -0.2) is 37.3 Å². The highest BCUT2D eigenvalue weighted by molar-refractivity contribution is 7.15. The van der Waals surface area contributed by atoms with E-state index in [0.717, 1.165) is 17.4 Å². The van der Waals surface area contributed by atoms with E-state index in [0.29, 0.717) is 36.3 Å². The van der Waals surface area contributed by atoms with E-state index >= 15 is 0 Å².